The highest BCUT2D eigenvalue weighted by atomic mass is 79.9. The van der Waals surface area contributed by atoms with Gasteiger partial charge in [-0.25, -0.2) is 0 Å². The van der Waals surface area contributed by atoms with Crippen molar-refractivity contribution in [3.05, 3.63) is 46.4 Å². The molecule has 1 unspecified atom stereocenters. The van der Waals surface area contributed by atoms with Gasteiger partial charge in [-0.3, -0.25) is 4.68 Å². The first-order valence-electron chi connectivity index (χ1n) is 6.11. The number of benzene rings is 1. The highest BCUT2D eigenvalue weighted by Gasteiger charge is 2.22. The smallest absolute Gasteiger partial charge is 0.162 e. The van der Waals surface area contributed by atoms with Crippen molar-refractivity contribution < 1.29 is 9.15 Å². The lowest BCUT2D eigenvalue weighted by Crippen LogP contribution is -2.16. The minimum Gasteiger partial charge on any atom is -0.493 e. The number of nitrogens with zero attached hydrogens (tertiary/aromatic N) is 2. The Morgan fingerprint density at radius 1 is 1.45 bits per heavy atom. The summed E-state index contributed by atoms with van der Waals surface area (Å²) >= 11 is 3.47. The van der Waals surface area contributed by atoms with Crippen molar-refractivity contribution in [2.75, 3.05) is 7.11 Å². The third-order valence-electron chi connectivity index (χ3n) is 3.29. The number of aryl methyl sites for hydroxylation is 1. The number of hydrogen-bond acceptors (Lipinski definition) is 4. The van der Waals surface area contributed by atoms with Gasteiger partial charge >= 0.3 is 0 Å². The molecule has 3 rings (SSSR count). The molecule has 0 spiro atoms. The van der Waals surface area contributed by atoms with Crippen LogP contribution in [0, 0.1) is 0 Å². The number of ether oxygens (including phenoxy) is 1. The van der Waals surface area contributed by atoms with E-state index in [1.165, 1.54) is 0 Å². The van der Waals surface area contributed by atoms with Crippen molar-refractivity contribution in [3.63, 3.8) is 0 Å². The van der Waals surface area contributed by atoms with Crippen LogP contribution in [0.5, 0.6) is 5.75 Å². The van der Waals surface area contributed by atoms with Crippen LogP contribution in [0.1, 0.15) is 17.5 Å². The van der Waals surface area contributed by atoms with Gasteiger partial charge in [0.2, 0.25) is 0 Å². The van der Waals surface area contributed by atoms with E-state index in [0.29, 0.717) is 11.5 Å². The number of methoxy groups -OCH3 is 1. The monoisotopic (exact) mass is 335 g/mol. The summed E-state index contributed by atoms with van der Waals surface area (Å²) in [5.41, 5.74) is 7.87. The van der Waals surface area contributed by atoms with E-state index in [1.807, 2.05) is 31.3 Å². The molecule has 1 atom stereocenters. The normalized spacial score (nSPS) is 12.8. The third-order valence-corrected chi connectivity index (χ3v) is 3.91. The van der Waals surface area contributed by atoms with Gasteiger partial charge < -0.3 is 14.9 Å². The first-order valence-corrected chi connectivity index (χ1v) is 6.90. The summed E-state index contributed by atoms with van der Waals surface area (Å²) in [5.74, 6) is 1.33. The maximum Gasteiger partial charge on any atom is 0.162 e. The molecule has 0 bridgehead atoms. The molecule has 2 heterocycles. The predicted octanol–water partition coefficient (Wildman–Crippen LogP) is 2.99. The van der Waals surface area contributed by atoms with Gasteiger partial charge in [0.05, 0.1) is 17.8 Å². The molecule has 0 amide bonds. The Balaban J connectivity index is 2.10. The zero-order valence-electron chi connectivity index (χ0n) is 11.1. The van der Waals surface area contributed by atoms with Crippen LogP contribution in [0.4, 0.5) is 0 Å². The zero-order valence-corrected chi connectivity index (χ0v) is 12.7. The number of para-hydroxylation sites is 1. The molecule has 0 fully saturated rings. The Labute approximate surface area is 124 Å². The predicted molar refractivity (Wildman–Crippen MR) is 79.7 cm³/mol. The van der Waals surface area contributed by atoms with Gasteiger partial charge in [0.25, 0.3) is 0 Å². The molecule has 6 heteroatoms. The van der Waals surface area contributed by atoms with Crippen LogP contribution in [0.15, 0.2) is 39.4 Å². The summed E-state index contributed by atoms with van der Waals surface area (Å²) in [5, 5.41) is 5.17. The van der Waals surface area contributed by atoms with Gasteiger partial charge in [0.1, 0.15) is 23.1 Å². The van der Waals surface area contributed by atoms with Gasteiger partial charge in [0, 0.05) is 12.4 Å². The molecular formula is C14H14BrN3O2. The highest BCUT2D eigenvalue weighted by Crippen LogP contribution is 2.33. The lowest BCUT2D eigenvalue weighted by molar-refractivity contribution is 0.401. The van der Waals surface area contributed by atoms with Crippen LogP contribution in [0.3, 0.4) is 0 Å². The Kier molecular flexibility index (Phi) is 3.27. The van der Waals surface area contributed by atoms with Crippen molar-refractivity contribution in [1.82, 2.24) is 9.78 Å². The van der Waals surface area contributed by atoms with E-state index in [-0.39, 0.29) is 0 Å². The summed E-state index contributed by atoms with van der Waals surface area (Å²) < 4.78 is 13.8. The van der Waals surface area contributed by atoms with Gasteiger partial charge in [-0.1, -0.05) is 12.1 Å². The van der Waals surface area contributed by atoms with Crippen LogP contribution in [-0.4, -0.2) is 16.9 Å². The lowest BCUT2D eigenvalue weighted by atomic mass is 10.1. The lowest BCUT2D eigenvalue weighted by Gasteiger charge is -2.11. The summed E-state index contributed by atoms with van der Waals surface area (Å²) in [6.07, 6.45) is 1.65. The topological polar surface area (TPSA) is 66.2 Å². The maximum atomic E-state index is 6.30. The first kappa shape index (κ1) is 13.2. The van der Waals surface area contributed by atoms with E-state index >= 15 is 0 Å². The summed E-state index contributed by atoms with van der Waals surface area (Å²) in [6.45, 7) is 0. The molecule has 0 radical (unpaired) electrons. The Morgan fingerprint density at radius 2 is 2.25 bits per heavy atom. The van der Waals surface area contributed by atoms with Gasteiger partial charge in [-0.15, -0.1) is 0 Å². The standard InChI is InChI=1S/C14H14BrN3O2/c1-18-13(11(19-2)7-17-18)12(16)10-6-8-4-3-5-9(15)14(8)20-10/h3-7,12H,16H2,1-2H3. The van der Waals surface area contributed by atoms with Crippen molar-refractivity contribution in [3.8, 4) is 5.75 Å². The molecule has 1 aromatic carbocycles. The zero-order chi connectivity index (χ0) is 14.3. The molecule has 20 heavy (non-hydrogen) atoms. The summed E-state index contributed by atoms with van der Waals surface area (Å²) in [7, 11) is 3.43. The molecule has 0 saturated carbocycles. The second kappa shape index (κ2) is 4.96. The number of fused-ring (bicyclic) bond motifs is 1. The summed E-state index contributed by atoms with van der Waals surface area (Å²) in [4.78, 5) is 0. The average molecular weight is 336 g/mol. The Bertz CT molecular complexity index is 763. The molecule has 3 aromatic rings. The Hall–Kier alpha value is -1.79. The third kappa shape index (κ3) is 2.01. The molecule has 2 N–H and O–H groups in total. The molecular weight excluding hydrogens is 322 g/mol. The Morgan fingerprint density at radius 3 is 2.95 bits per heavy atom. The number of nitrogens with two attached hydrogens (primary N) is 1. The molecule has 0 saturated heterocycles. The van der Waals surface area contributed by atoms with Crippen molar-refractivity contribution in [2.24, 2.45) is 12.8 Å². The molecule has 5 nitrogen and oxygen atoms in total. The largest absolute Gasteiger partial charge is 0.493 e. The second-order valence-corrected chi connectivity index (χ2v) is 5.36. The number of halogens is 1. The summed E-state index contributed by atoms with van der Waals surface area (Å²) in [6, 6.07) is 7.39. The van der Waals surface area contributed by atoms with Crippen molar-refractivity contribution in [2.45, 2.75) is 6.04 Å². The van der Waals surface area contributed by atoms with E-state index in [4.69, 9.17) is 14.9 Å². The van der Waals surface area contributed by atoms with E-state index < -0.39 is 6.04 Å². The van der Waals surface area contributed by atoms with Gasteiger partial charge in [-0.05, 0) is 28.1 Å². The first-order chi connectivity index (χ1) is 9.61. The van der Waals surface area contributed by atoms with Crippen LogP contribution in [-0.2, 0) is 7.05 Å². The quantitative estimate of drug-likeness (QED) is 0.799. The minimum atomic E-state index is -0.434. The fourth-order valence-electron chi connectivity index (χ4n) is 2.27. The fraction of sp³-hybridized carbons (Fsp3) is 0.214. The van der Waals surface area contributed by atoms with Crippen LogP contribution in [0.25, 0.3) is 11.0 Å². The van der Waals surface area contributed by atoms with Crippen molar-refractivity contribution >= 4 is 26.9 Å². The number of rotatable bonds is 3. The number of aromatic nitrogens is 2. The van der Waals surface area contributed by atoms with Gasteiger partial charge in [0.15, 0.2) is 5.75 Å². The molecule has 104 valence electrons. The van der Waals surface area contributed by atoms with Gasteiger partial charge in [-0.2, -0.15) is 5.10 Å². The van der Waals surface area contributed by atoms with Crippen molar-refractivity contribution in [1.29, 1.82) is 0 Å². The van der Waals surface area contributed by atoms with Crippen LogP contribution < -0.4 is 10.5 Å². The van der Waals surface area contributed by atoms with E-state index in [1.54, 1.807) is 18.0 Å². The molecule has 0 aliphatic carbocycles. The minimum absolute atomic E-state index is 0.434. The maximum absolute atomic E-state index is 6.30. The van der Waals surface area contributed by atoms with E-state index in [2.05, 4.69) is 21.0 Å². The fourth-order valence-corrected chi connectivity index (χ4v) is 2.74. The number of furan rings is 1. The number of hydrogen-bond donors (Lipinski definition) is 1. The SMILES string of the molecule is COc1cnn(C)c1C(N)c1cc2cccc(Br)c2o1. The second-order valence-electron chi connectivity index (χ2n) is 4.51. The van der Waals surface area contributed by atoms with E-state index in [0.717, 1.165) is 21.1 Å². The molecule has 0 aliphatic rings. The molecule has 2 aromatic heterocycles. The average Bonchev–Trinajstić information content (AvgIpc) is 3.02. The van der Waals surface area contributed by atoms with E-state index in [9.17, 15) is 0 Å². The highest BCUT2D eigenvalue weighted by molar-refractivity contribution is 9.10. The van der Waals surface area contributed by atoms with Crippen LogP contribution in [0.2, 0.25) is 0 Å². The molecule has 0 aliphatic heterocycles. The van der Waals surface area contributed by atoms with Crippen LogP contribution >= 0.6 is 15.9 Å².